The van der Waals surface area contributed by atoms with Crippen molar-refractivity contribution in [3.05, 3.63) is 23.8 Å². The van der Waals surface area contributed by atoms with Gasteiger partial charge in [-0.2, -0.15) is 4.31 Å². The zero-order valence-electron chi connectivity index (χ0n) is 10.5. The van der Waals surface area contributed by atoms with Crippen LogP contribution < -0.4 is 9.47 Å². The van der Waals surface area contributed by atoms with Crippen molar-refractivity contribution in [2.45, 2.75) is 13.0 Å². The highest BCUT2D eigenvalue weighted by atomic mass is 32.2. The Balaban J connectivity index is 2.27. The smallest absolute Gasteiger partial charge is 0.214 e. The second-order valence-electron chi connectivity index (χ2n) is 4.18. The maximum atomic E-state index is 11.8. The average molecular weight is 271 g/mol. The number of hydrogen-bond acceptors (Lipinski definition) is 4. The molecule has 0 N–H and O–H groups in total. The molecule has 1 aromatic carbocycles. The summed E-state index contributed by atoms with van der Waals surface area (Å²) in [5.74, 6) is 1.61. The first-order valence-electron chi connectivity index (χ1n) is 5.75. The van der Waals surface area contributed by atoms with E-state index in [4.69, 9.17) is 9.47 Å². The molecule has 5 nitrogen and oxygen atoms in total. The first-order chi connectivity index (χ1) is 8.56. The number of sulfonamides is 1. The first-order valence-corrected chi connectivity index (χ1v) is 7.36. The number of nitrogens with zero attached hydrogens (tertiary/aromatic N) is 1. The lowest BCUT2D eigenvalue weighted by molar-refractivity contribution is 0.383. The molecule has 0 unspecified atom stereocenters. The van der Waals surface area contributed by atoms with Gasteiger partial charge in [-0.05, 0) is 24.6 Å². The van der Waals surface area contributed by atoms with E-state index in [2.05, 4.69) is 0 Å². The molecular weight excluding hydrogens is 254 g/mol. The minimum atomic E-state index is -3.09. The summed E-state index contributed by atoms with van der Waals surface area (Å²) in [6, 6.07) is 5.39. The fraction of sp³-hybridized carbons (Fsp3) is 0.500. The molecule has 0 saturated carbocycles. The Kier molecular flexibility index (Phi) is 3.77. The third-order valence-corrected chi connectivity index (χ3v) is 4.94. The van der Waals surface area contributed by atoms with Gasteiger partial charge in [-0.25, -0.2) is 8.42 Å². The molecule has 0 bridgehead atoms. The second kappa shape index (κ2) is 5.16. The van der Waals surface area contributed by atoms with Crippen molar-refractivity contribution in [2.24, 2.45) is 0 Å². The van der Waals surface area contributed by atoms with Gasteiger partial charge in [0.05, 0.1) is 20.0 Å². The van der Waals surface area contributed by atoms with Gasteiger partial charge in [0.25, 0.3) is 0 Å². The topological polar surface area (TPSA) is 55.8 Å². The summed E-state index contributed by atoms with van der Waals surface area (Å²) in [7, 11) is 0.0619. The molecule has 1 aliphatic heterocycles. The number of methoxy groups -OCH3 is 2. The largest absolute Gasteiger partial charge is 0.497 e. The van der Waals surface area contributed by atoms with Crippen molar-refractivity contribution in [3.63, 3.8) is 0 Å². The van der Waals surface area contributed by atoms with E-state index in [0.29, 0.717) is 31.0 Å². The summed E-state index contributed by atoms with van der Waals surface area (Å²) in [4.78, 5) is 0. The van der Waals surface area contributed by atoms with Crippen LogP contribution in [0.2, 0.25) is 0 Å². The van der Waals surface area contributed by atoms with Crippen LogP contribution in [-0.4, -0.2) is 39.2 Å². The van der Waals surface area contributed by atoms with Crippen LogP contribution >= 0.6 is 0 Å². The van der Waals surface area contributed by atoms with Gasteiger partial charge in [-0.15, -0.1) is 0 Å². The highest BCUT2D eigenvalue weighted by molar-refractivity contribution is 7.89. The number of benzene rings is 1. The van der Waals surface area contributed by atoms with Crippen LogP contribution in [0.25, 0.3) is 0 Å². The Bertz CT molecular complexity index is 527. The fourth-order valence-electron chi connectivity index (χ4n) is 2.06. The van der Waals surface area contributed by atoms with Gasteiger partial charge in [-0.3, -0.25) is 0 Å². The summed E-state index contributed by atoms with van der Waals surface area (Å²) in [6.45, 7) is 0.908. The Morgan fingerprint density at radius 1 is 1.28 bits per heavy atom. The molecule has 0 aliphatic carbocycles. The number of rotatable bonds is 4. The molecule has 18 heavy (non-hydrogen) atoms. The highest BCUT2D eigenvalue weighted by Gasteiger charge is 2.28. The lowest BCUT2D eigenvalue weighted by atomic mass is 10.2. The SMILES string of the molecule is COc1ccc(OC)c(CN2CCCS2(=O)=O)c1. The summed E-state index contributed by atoms with van der Waals surface area (Å²) in [5.41, 5.74) is 0.822. The van der Waals surface area contributed by atoms with Crippen LogP contribution in [0.15, 0.2) is 18.2 Å². The fourth-order valence-corrected chi connectivity index (χ4v) is 3.56. The summed E-state index contributed by atoms with van der Waals surface area (Å²) >= 11 is 0. The zero-order valence-corrected chi connectivity index (χ0v) is 11.4. The van der Waals surface area contributed by atoms with Crippen LogP contribution in [-0.2, 0) is 16.6 Å². The third kappa shape index (κ3) is 2.59. The Morgan fingerprint density at radius 3 is 2.61 bits per heavy atom. The molecule has 2 rings (SSSR count). The maximum Gasteiger partial charge on any atom is 0.214 e. The normalized spacial score (nSPS) is 18.8. The lowest BCUT2D eigenvalue weighted by Gasteiger charge is -2.17. The van der Waals surface area contributed by atoms with E-state index >= 15 is 0 Å². The van der Waals surface area contributed by atoms with E-state index in [9.17, 15) is 8.42 Å². The minimum Gasteiger partial charge on any atom is -0.497 e. The van der Waals surface area contributed by atoms with E-state index in [1.54, 1.807) is 26.4 Å². The van der Waals surface area contributed by atoms with Gasteiger partial charge < -0.3 is 9.47 Å². The predicted molar refractivity (Wildman–Crippen MR) is 68.4 cm³/mol. The Labute approximate surface area is 107 Å². The van der Waals surface area contributed by atoms with Gasteiger partial charge >= 0.3 is 0 Å². The van der Waals surface area contributed by atoms with Crippen LogP contribution in [0.3, 0.4) is 0 Å². The molecule has 1 heterocycles. The predicted octanol–water partition coefficient (Wildman–Crippen LogP) is 1.24. The lowest BCUT2D eigenvalue weighted by Crippen LogP contribution is -2.25. The molecule has 6 heteroatoms. The molecular formula is C12H17NO4S. The van der Waals surface area contributed by atoms with E-state index in [-0.39, 0.29) is 5.75 Å². The molecule has 0 radical (unpaired) electrons. The van der Waals surface area contributed by atoms with Crippen molar-refractivity contribution in [1.29, 1.82) is 0 Å². The van der Waals surface area contributed by atoms with E-state index < -0.39 is 10.0 Å². The van der Waals surface area contributed by atoms with Crippen LogP contribution in [0.4, 0.5) is 0 Å². The quantitative estimate of drug-likeness (QED) is 0.826. The molecule has 0 aromatic heterocycles. The monoisotopic (exact) mass is 271 g/mol. The van der Waals surface area contributed by atoms with E-state index in [0.717, 1.165) is 5.56 Å². The Morgan fingerprint density at radius 2 is 2.06 bits per heavy atom. The van der Waals surface area contributed by atoms with Crippen molar-refractivity contribution >= 4 is 10.0 Å². The van der Waals surface area contributed by atoms with E-state index in [1.807, 2.05) is 6.07 Å². The van der Waals surface area contributed by atoms with Crippen molar-refractivity contribution in [2.75, 3.05) is 26.5 Å². The molecule has 0 spiro atoms. The van der Waals surface area contributed by atoms with Crippen LogP contribution in [0, 0.1) is 0 Å². The number of ether oxygens (including phenoxy) is 2. The molecule has 0 atom stereocenters. The minimum absolute atomic E-state index is 0.235. The van der Waals surface area contributed by atoms with Gasteiger partial charge in [-0.1, -0.05) is 0 Å². The molecule has 1 aromatic rings. The summed E-state index contributed by atoms with van der Waals surface area (Å²) in [6.07, 6.45) is 0.689. The van der Waals surface area contributed by atoms with Crippen LogP contribution in [0.5, 0.6) is 11.5 Å². The highest BCUT2D eigenvalue weighted by Crippen LogP contribution is 2.27. The summed E-state index contributed by atoms with van der Waals surface area (Å²) < 4.78 is 35.4. The van der Waals surface area contributed by atoms with E-state index in [1.165, 1.54) is 4.31 Å². The third-order valence-electron chi connectivity index (χ3n) is 3.04. The molecule has 1 aliphatic rings. The molecule has 1 saturated heterocycles. The standard InChI is InChI=1S/C12H17NO4S/c1-16-11-4-5-12(17-2)10(8-11)9-13-6-3-7-18(13,14)15/h4-5,8H,3,6-7,9H2,1-2H3. The van der Waals surface area contributed by atoms with Gasteiger partial charge in [0, 0.05) is 18.7 Å². The van der Waals surface area contributed by atoms with Crippen molar-refractivity contribution in [1.82, 2.24) is 4.31 Å². The first kappa shape index (κ1) is 13.2. The molecule has 0 amide bonds. The van der Waals surface area contributed by atoms with Gasteiger partial charge in [0.2, 0.25) is 10.0 Å². The van der Waals surface area contributed by atoms with Crippen LogP contribution in [0.1, 0.15) is 12.0 Å². The van der Waals surface area contributed by atoms with Gasteiger partial charge in [0.1, 0.15) is 11.5 Å². The second-order valence-corrected chi connectivity index (χ2v) is 6.27. The average Bonchev–Trinajstić information content (AvgIpc) is 2.68. The zero-order chi connectivity index (χ0) is 13.2. The summed E-state index contributed by atoms with van der Waals surface area (Å²) in [5, 5.41) is 0. The number of hydrogen-bond donors (Lipinski definition) is 0. The molecule has 100 valence electrons. The molecule has 1 fully saturated rings. The Hall–Kier alpha value is -1.27. The van der Waals surface area contributed by atoms with Gasteiger partial charge in [0.15, 0.2) is 0 Å². The van der Waals surface area contributed by atoms with Crippen molar-refractivity contribution < 1.29 is 17.9 Å². The maximum absolute atomic E-state index is 11.8. The van der Waals surface area contributed by atoms with Crippen molar-refractivity contribution in [3.8, 4) is 11.5 Å².